The minimum Gasteiger partial charge on any atom is -0.391 e. The SMILES string of the molecule is Cc1cc2cccc(-c3ccc(N4CCC(O)C4)cc3)c2c(=O)[nH]1. The lowest BCUT2D eigenvalue weighted by molar-refractivity contribution is 0.198. The molecule has 0 radical (unpaired) electrons. The van der Waals surface area contributed by atoms with Crippen LogP contribution < -0.4 is 10.5 Å². The van der Waals surface area contributed by atoms with Crippen LogP contribution in [0.5, 0.6) is 0 Å². The number of β-amino-alcohol motifs (C(OH)–C–C–N with tert-alkyl or cyclic N) is 1. The number of aliphatic hydroxyl groups is 1. The maximum atomic E-state index is 12.4. The van der Waals surface area contributed by atoms with Crippen molar-refractivity contribution in [3.63, 3.8) is 0 Å². The molecule has 3 aromatic rings. The van der Waals surface area contributed by atoms with Crippen LogP contribution in [0.4, 0.5) is 5.69 Å². The first-order chi connectivity index (χ1) is 11.6. The monoisotopic (exact) mass is 320 g/mol. The van der Waals surface area contributed by atoms with Gasteiger partial charge in [0.15, 0.2) is 0 Å². The number of H-pyrrole nitrogens is 1. The Morgan fingerprint density at radius 2 is 1.96 bits per heavy atom. The molecule has 0 spiro atoms. The van der Waals surface area contributed by atoms with E-state index >= 15 is 0 Å². The largest absolute Gasteiger partial charge is 0.391 e. The molecule has 0 amide bonds. The van der Waals surface area contributed by atoms with Gasteiger partial charge in [0.05, 0.1) is 11.5 Å². The average Bonchev–Trinajstić information content (AvgIpc) is 3.00. The van der Waals surface area contributed by atoms with Crippen molar-refractivity contribution in [2.75, 3.05) is 18.0 Å². The number of hydrogen-bond donors (Lipinski definition) is 2. The first kappa shape index (κ1) is 15.0. The summed E-state index contributed by atoms with van der Waals surface area (Å²) in [4.78, 5) is 17.5. The average molecular weight is 320 g/mol. The van der Waals surface area contributed by atoms with E-state index in [9.17, 15) is 9.90 Å². The number of benzene rings is 2. The number of pyridine rings is 1. The van der Waals surface area contributed by atoms with Crippen LogP contribution in [0, 0.1) is 6.92 Å². The molecule has 2 heterocycles. The number of hydrogen-bond acceptors (Lipinski definition) is 3. The third-order valence-electron chi connectivity index (χ3n) is 4.71. The highest BCUT2D eigenvalue weighted by Crippen LogP contribution is 2.29. The number of anilines is 1. The van der Waals surface area contributed by atoms with E-state index in [0.29, 0.717) is 6.54 Å². The van der Waals surface area contributed by atoms with Gasteiger partial charge in [0.1, 0.15) is 0 Å². The maximum absolute atomic E-state index is 12.4. The lowest BCUT2D eigenvalue weighted by atomic mass is 9.99. The van der Waals surface area contributed by atoms with E-state index in [0.717, 1.165) is 46.2 Å². The lowest BCUT2D eigenvalue weighted by Gasteiger charge is -2.18. The number of aryl methyl sites for hydroxylation is 1. The summed E-state index contributed by atoms with van der Waals surface area (Å²) in [7, 11) is 0. The Morgan fingerprint density at radius 1 is 1.17 bits per heavy atom. The molecule has 24 heavy (non-hydrogen) atoms. The van der Waals surface area contributed by atoms with Crippen molar-refractivity contribution in [3.05, 3.63) is 64.6 Å². The Hall–Kier alpha value is -2.59. The second-order valence-corrected chi connectivity index (χ2v) is 6.49. The molecule has 2 aromatic carbocycles. The molecular formula is C20H20N2O2. The summed E-state index contributed by atoms with van der Waals surface area (Å²) in [5.74, 6) is 0. The highest BCUT2D eigenvalue weighted by molar-refractivity contribution is 5.96. The van der Waals surface area contributed by atoms with Gasteiger partial charge in [-0.2, -0.15) is 0 Å². The Balaban J connectivity index is 1.77. The van der Waals surface area contributed by atoms with Crippen LogP contribution in [0.2, 0.25) is 0 Å². The number of nitrogens with one attached hydrogen (secondary N) is 1. The summed E-state index contributed by atoms with van der Waals surface area (Å²) in [6.45, 7) is 3.47. The van der Waals surface area contributed by atoms with E-state index in [4.69, 9.17) is 0 Å². The Kier molecular flexibility index (Phi) is 3.62. The molecule has 1 atom stereocenters. The molecule has 1 aliphatic heterocycles. The number of aromatic nitrogens is 1. The fraction of sp³-hybridized carbons (Fsp3) is 0.250. The fourth-order valence-electron chi connectivity index (χ4n) is 3.52. The first-order valence-corrected chi connectivity index (χ1v) is 8.28. The minimum absolute atomic E-state index is 0.0488. The topological polar surface area (TPSA) is 56.3 Å². The molecule has 122 valence electrons. The van der Waals surface area contributed by atoms with E-state index in [1.165, 1.54) is 0 Å². The molecule has 0 bridgehead atoms. The predicted octanol–water partition coefficient (Wildman–Crippen LogP) is 3.07. The molecule has 0 aliphatic carbocycles. The third kappa shape index (κ3) is 2.59. The zero-order chi connectivity index (χ0) is 16.7. The molecule has 1 saturated heterocycles. The van der Waals surface area contributed by atoms with Crippen LogP contribution in [-0.4, -0.2) is 29.3 Å². The smallest absolute Gasteiger partial charge is 0.256 e. The summed E-state index contributed by atoms with van der Waals surface area (Å²) in [5, 5.41) is 11.4. The van der Waals surface area contributed by atoms with E-state index in [-0.39, 0.29) is 11.7 Å². The van der Waals surface area contributed by atoms with Gasteiger partial charge >= 0.3 is 0 Å². The van der Waals surface area contributed by atoms with Crippen molar-refractivity contribution < 1.29 is 5.11 Å². The van der Waals surface area contributed by atoms with Crippen LogP contribution in [-0.2, 0) is 0 Å². The molecule has 4 rings (SSSR count). The highest BCUT2D eigenvalue weighted by Gasteiger charge is 2.20. The number of nitrogens with zero attached hydrogens (tertiary/aromatic N) is 1. The quantitative estimate of drug-likeness (QED) is 0.763. The van der Waals surface area contributed by atoms with Crippen molar-refractivity contribution in [2.45, 2.75) is 19.4 Å². The van der Waals surface area contributed by atoms with E-state index < -0.39 is 0 Å². The van der Waals surface area contributed by atoms with Crippen LogP contribution in [0.3, 0.4) is 0 Å². The zero-order valence-electron chi connectivity index (χ0n) is 13.6. The summed E-state index contributed by atoms with van der Waals surface area (Å²) in [5.41, 5.74) is 3.90. The van der Waals surface area contributed by atoms with Gasteiger partial charge in [0, 0.05) is 24.5 Å². The van der Waals surface area contributed by atoms with Crippen LogP contribution in [0.1, 0.15) is 12.1 Å². The van der Waals surface area contributed by atoms with Crippen molar-refractivity contribution in [2.24, 2.45) is 0 Å². The second kappa shape index (κ2) is 5.80. The molecule has 1 aromatic heterocycles. The summed E-state index contributed by atoms with van der Waals surface area (Å²) >= 11 is 0. The third-order valence-corrected chi connectivity index (χ3v) is 4.71. The van der Waals surface area contributed by atoms with Gasteiger partial charge in [0.25, 0.3) is 5.56 Å². The van der Waals surface area contributed by atoms with Gasteiger partial charge in [-0.15, -0.1) is 0 Å². The van der Waals surface area contributed by atoms with Crippen molar-refractivity contribution in [1.82, 2.24) is 4.98 Å². The van der Waals surface area contributed by atoms with Crippen LogP contribution >= 0.6 is 0 Å². The van der Waals surface area contributed by atoms with Crippen LogP contribution in [0.15, 0.2) is 53.3 Å². The second-order valence-electron chi connectivity index (χ2n) is 6.49. The van der Waals surface area contributed by atoms with Gasteiger partial charge in [-0.3, -0.25) is 4.79 Å². The van der Waals surface area contributed by atoms with Gasteiger partial charge in [0.2, 0.25) is 0 Å². The standard InChI is InChI=1S/C20H20N2O2/c1-13-11-15-3-2-4-18(19(15)20(24)21-13)14-5-7-16(8-6-14)22-10-9-17(23)12-22/h2-8,11,17,23H,9-10,12H2,1H3,(H,21,24). The van der Waals surface area contributed by atoms with Crippen molar-refractivity contribution in [1.29, 1.82) is 0 Å². The normalized spacial score (nSPS) is 17.6. The van der Waals surface area contributed by atoms with E-state index in [1.54, 1.807) is 0 Å². The fourth-order valence-corrected chi connectivity index (χ4v) is 3.52. The molecule has 0 saturated carbocycles. The predicted molar refractivity (Wildman–Crippen MR) is 97.6 cm³/mol. The number of rotatable bonds is 2. The zero-order valence-corrected chi connectivity index (χ0v) is 13.6. The Labute approximate surface area is 140 Å². The van der Waals surface area contributed by atoms with Crippen molar-refractivity contribution in [3.8, 4) is 11.1 Å². The molecule has 1 unspecified atom stereocenters. The Bertz CT molecular complexity index is 944. The molecule has 1 aliphatic rings. The van der Waals surface area contributed by atoms with Crippen molar-refractivity contribution >= 4 is 16.5 Å². The van der Waals surface area contributed by atoms with Gasteiger partial charge in [-0.05, 0) is 48.1 Å². The number of fused-ring (bicyclic) bond motifs is 1. The molecule has 2 N–H and O–H groups in total. The lowest BCUT2D eigenvalue weighted by Crippen LogP contribution is -2.20. The number of aliphatic hydroxyl groups excluding tert-OH is 1. The van der Waals surface area contributed by atoms with Gasteiger partial charge in [-0.25, -0.2) is 0 Å². The summed E-state index contributed by atoms with van der Waals surface area (Å²) < 4.78 is 0. The number of aromatic amines is 1. The molecular weight excluding hydrogens is 300 g/mol. The Morgan fingerprint density at radius 3 is 2.67 bits per heavy atom. The molecule has 4 nitrogen and oxygen atoms in total. The van der Waals surface area contributed by atoms with Crippen LogP contribution in [0.25, 0.3) is 21.9 Å². The molecule has 1 fully saturated rings. The summed E-state index contributed by atoms with van der Waals surface area (Å²) in [6, 6.07) is 16.2. The summed E-state index contributed by atoms with van der Waals surface area (Å²) in [6.07, 6.45) is 0.587. The van der Waals surface area contributed by atoms with E-state index in [2.05, 4.69) is 22.0 Å². The first-order valence-electron chi connectivity index (χ1n) is 8.28. The molecule has 4 heteroatoms. The van der Waals surface area contributed by atoms with Gasteiger partial charge < -0.3 is 15.0 Å². The minimum atomic E-state index is -0.232. The highest BCUT2D eigenvalue weighted by atomic mass is 16.3. The van der Waals surface area contributed by atoms with E-state index in [1.807, 2.05) is 43.3 Å². The van der Waals surface area contributed by atoms with Gasteiger partial charge in [-0.1, -0.05) is 30.3 Å². The maximum Gasteiger partial charge on any atom is 0.256 e.